The summed E-state index contributed by atoms with van der Waals surface area (Å²) in [7, 11) is 0. The van der Waals surface area contributed by atoms with Crippen molar-refractivity contribution in [2.75, 3.05) is 0 Å². The van der Waals surface area contributed by atoms with Crippen LogP contribution in [0.5, 0.6) is 0 Å². The molecule has 8 rings (SSSR count). The Bertz CT molecular complexity index is 1450. The van der Waals surface area contributed by atoms with Crippen molar-refractivity contribution in [3.8, 4) is 0 Å². The van der Waals surface area contributed by atoms with Crippen molar-refractivity contribution in [1.82, 2.24) is 16.0 Å². The van der Waals surface area contributed by atoms with Gasteiger partial charge in [-0.2, -0.15) is 0 Å². The van der Waals surface area contributed by atoms with Crippen LogP contribution in [0.4, 0.5) is 0 Å². The summed E-state index contributed by atoms with van der Waals surface area (Å²) in [5.74, 6) is 3.13. The second-order valence-electron chi connectivity index (χ2n) is 12.4. The number of benzene rings is 2. The van der Waals surface area contributed by atoms with E-state index in [0.29, 0.717) is 29.6 Å². The number of rotatable bonds is 4. The standard InChI is InChI=1S/C37H39N3O/c1-4-13-24(14-5-1)27-21-12-22-31-33(27)34-29-20-11-10-19-28(29)30(23-32(34)41-31)37-39-35(25-15-6-2-7-16-25)38-36(40-37)26-17-8-3-9-18-26/h1-11,13-17,19-20,23,26-29,31,33,35-40H,12,18,21-22H2. The summed E-state index contributed by atoms with van der Waals surface area (Å²) in [6, 6.07) is 22.0. The first-order valence-corrected chi connectivity index (χ1v) is 15.5. The van der Waals surface area contributed by atoms with Gasteiger partial charge in [0.25, 0.3) is 0 Å². The van der Waals surface area contributed by atoms with Crippen molar-refractivity contribution in [1.29, 1.82) is 0 Å². The van der Waals surface area contributed by atoms with E-state index in [-0.39, 0.29) is 24.6 Å². The highest BCUT2D eigenvalue weighted by Gasteiger charge is 2.50. The minimum atomic E-state index is 0.0274. The lowest BCUT2D eigenvalue weighted by Crippen LogP contribution is -2.66. The van der Waals surface area contributed by atoms with Gasteiger partial charge >= 0.3 is 0 Å². The van der Waals surface area contributed by atoms with Crippen molar-refractivity contribution in [2.45, 2.75) is 56.2 Å². The van der Waals surface area contributed by atoms with E-state index in [1.807, 2.05) is 0 Å². The third-order valence-corrected chi connectivity index (χ3v) is 10.1. The van der Waals surface area contributed by atoms with Gasteiger partial charge in [0.05, 0.1) is 18.5 Å². The summed E-state index contributed by atoms with van der Waals surface area (Å²) < 4.78 is 6.90. The second kappa shape index (κ2) is 10.8. The summed E-state index contributed by atoms with van der Waals surface area (Å²) in [5.41, 5.74) is 5.64. The Labute approximate surface area is 243 Å². The molecule has 0 aromatic heterocycles. The van der Waals surface area contributed by atoms with Gasteiger partial charge in [-0.1, -0.05) is 109 Å². The lowest BCUT2D eigenvalue weighted by Gasteiger charge is -2.46. The molecule has 9 atom stereocenters. The monoisotopic (exact) mass is 541 g/mol. The van der Waals surface area contributed by atoms with Gasteiger partial charge in [0, 0.05) is 23.7 Å². The maximum atomic E-state index is 6.90. The average molecular weight is 542 g/mol. The Morgan fingerprint density at radius 3 is 2.20 bits per heavy atom. The van der Waals surface area contributed by atoms with Crippen molar-refractivity contribution < 1.29 is 4.74 Å². The fourth-order valence-electron chi connectivity index (χ4n) is 8.22. The lowest BCUT2D eigenvalue weighted by molar-refractivity contribution is 0.0763. The zero-order valence-electron chi connectivity index (χ0n) is 23.4. The molecule has 0 amide bonds. The molecular weight excluding hydrogens is 502 g/mol. The zero-order chi connectivity index (χ0) is 27.2. The van der Waals surface area contributed by atoms with Crippen LogP contribution in [0.2, 0.25) is 0 Å². The number of ether oxygens (including phenoxy) is 1. The van der Waals surface area contributed by atoms with Crippen LogP contribution in [0.1, 0.15) is 48.9 Å². The summed E-state index contributed by atoms with van der Waals surface area (Å²) in [6.07, 6.45) is 25.9. The predicted octanol–water partition coefficient (Wildman–Crippen LogP) is 6.79. The molecule has 1 saturated carbocycles. The third-order valence-electron chi connectivity index (χ3n) is 10.1. The molecule has 4 nitrogen and oxygen atoms in total. The summed E-state index contributed by atoms with van der Waals surface area (Å²) in [6.45, 7) is 0. The number of fused-ring (bicyclic) bond motifs is 4. The molecule has 41 heavy (non-hydrogen) atoms. The van der Waals surface area contributed by atoms with E-state index in [4.69, 9.17) is 4.74 Å². The highest BCUT2D eigenvalue weighted by molar-refractivity contribution is 5.48. The van der Waals surface area contributed by atoms with E-state index < -0.39 is 0 Å². The zero-order valence-corrected chi connectivity index (χ0v) is 23.4. The first kappa shape index (κ1) is 25.3. The van der Waals surface area contributed by atoms with Crippen LogP contribution in [0.15, 0.2) is 132 Å². The Kier molecular flexibility index (Phi) is 6.63. The van der Waals surface area contributed by atoms with Gasteiger partial charge in [-0.3, -0.25) is 16.0 Å². The molecule has 6 aliphatic rings. The van der Waals surface area contributed by atoms with Gasteiger partial charge in [-0.15, -0.1) is 0 Å². The van der Waals surface area contributed by atoms with Crippen molar-refractivity contribution in [3.05, 3.63) is 143 Å². The highest BCUT2D eigenvalue weighted by Crippen LogP contribution is 2.55. The molecule has 0 bridgehead atoms. The second-order valence-corrected chi connectivity index (χ2v) is 12.4. The topological polar surface area (TPSA) is 45.3 Å². The van der Waals surface area contributed by atoms with E-state index in [1.165, 1.54) is 35.1 Å². The SMILES string of the molecule is C1=CCC(C2NC(C3=CC4=C(C5C=CC=CC35)C3C(CCCC3c3ccccc3)O4)NC(c3ccccc3)N2)C=C1. The number of hydrogen-bond acceptors (Lipinski definition) is 4. The third kappa shape index (κ3) is 4.59. The molecular formula is C37H39N3O. The summed E-state index contributed by atoms with van der Waals surface area (Å²) in [5, 5.41) is 11.8. The van der Waals surface area contributed by atoms with Crippen LogP contribution >= 0.6 is 0 Å². The molecule has 4 heteroatoms. The molecule has 2 aromatic rings. The van der Waals surface area contributed by atoms with E-state index >= 15 is 0 Å². The predicted molar refractivity (Wildman–Crippen MR) is 164 cm³/mol. The normalized spacial score (nSPS) is 37.2. The summed E-state index contributed by atoms with van der Waals surface area (Å²) >= 11 is 0. The van der Waals surface area contributed by atoms with Gasteiger partial charge in [0.1, 0.15) is 11.9 Å². The molecule has 2 aliphatic heterocycles. The Morgan fingerprint density at radius 2 is 1.41 bits per heavy atom. The minimum absolute atomic E-state index is 0.0274. The molecule has 208 valence electrons. The molecule has 2 aromatic carbocycles. The average Bonchev–Trinajstić information content (AvgIpc) is 3.44. The van der Waals surface area contributed by atoms with Crippen LogP contribution < -0.4 is 16.0 Å². The highest BCUT2D eigenvalue weighted by atomic mass is 16.5. The Balaban J connectivity index is 1.17. The fraction of sp³-hybridized carbons (Fsp3) is 0.351. The Morgan fingerprint density at radius 1 is 0.683 bits per heavy atom. The maximum Gasteiger partial charge on any atom is 0.120 e. The van der Waals surface area contributed by atoms with Crippen molar-refractivity contribution in [3.63, 3.8) is 0 Å². The van der Waals surface area contributed by atoms with Crippen molar-refractivity contribution >= 4 is 0 Å². The van der Waals surface area contributed by atoms with Gasteiger partial charge in [0.15, 0.2) is 0 Å². The molecule has 2 heterocycles. The van der Waals surface area contributed by atoms with E-state index in [2.05, 4.69) is 131 Å². The van der Waals surface area contributed by atoms with Crippen LogP contribution in [0.3, 0.4) is 0 Å². The molecule has 3 N–H and O–H groups in total. The first-order valence-electron chi connectivity index (χ1n) is 15.5. The molecule has 0 spiro atoms. The minimum Gasteiger partial charge on any atom is -0.490 e. The molecule has 1 saturated heterocycles. The molecule has 9 unspecified atom stereocenters. The van der Waals surface area contributed by atoms with E-state index in [9.17, 15) is 0 Å². The number of allylic oxidation sites excluding steroid dienone is 8. The first-order chi connectivity index (χ1) is 20.3. The Hall–Kier alpha value is -3.44. The van der Waals surface area contributed by atoms with Gasteiger partial charge in [-0.25, -0.2) is 0 Å². The van der Waals surface area contributed by atoms with Crippen LogP contribution in [0.25, 0.3) is 0 Å². The van der Waals surface area contributed by atoms with Gasteiger partial charge in [0.2, 0.25) is 0 Å². The number of hydrogen-bond donors (Lipinski definition) is 3. The summed E-state index contributed by atoms with van der Waals surface area (Å²) in [4.78, 5) is 0. The quantitative estimate of drug-likeness (QED) is 0.399. The van der Waals surface area contributed by atoms with Crippen LogP contribution in [-0.2, 0) is 4.74 Å². The smallest absolute Gasteiger partial charge is 0.120 e. The maximum absolute atomic E-state index is 6.90. The van der Waals surface area contributed by atoms with E-state index in [0.717, 1.165) is 18.6 Å². The van der Waals surface area contributed by atoms with Gasteiger partial charge < -0.3 is 4.74 Å². The van der Waals surface area contributed by atoms with Crippen LogP contribution in [-0.4, -0.2) is 18.4 Å². The van der Waals surface area contributed by atoms with E-state index in [1.54, 1.807) is 0 Å². The molecule has 2 fully saturated rings. The van der Waals surface area contributed by atoms with Gasteiger partial charge in [-0.05, 0) is 60.0 Å². The fourth-order valence-corrected chi connectivity index (χ4v) is 8.22. The molecule has 4 aliphatic carbocycles. The molecule has 0 radical (unpaired) electrons. The largest absolute Gasteiger partial charge is 0.490 e. The van der Waals surface area contributed by atoms with Crippen LogP contribution in [0, 0.1) is 23.7 Å². The number of nitrogens with one attached hydrogen (secondary N) is 3. The lowest BCUT2D eigenvalue weighted by atomic mass is 9.63. The van der Waals surface area contributed by atoms with Crippen molar-refractivity contribution in [2.24, 2.45) is 23.7 Å².